The van der Waals surface area contributed by atoms with Gasteiger partial charge in [-0.3, -0.25) is 4.57 Å². The van der Waals surface area contributed by atoms with Crippen molar-refractivity contribution in [3.05, 3.63) is 34.3 Å². The van der Waals surface area contributed by atoms with Crippen molar-refractivity contribution < 1.29 is 17.6 Å². The molecule has 4 nitrogen and oxygen atoms in total. The summed E-state index contributed by atoms with van der Waals surface area (Å²) in [6.45, 7) is 0. The van der Waals surface area contributed by atoms with Gasteiger partial charge in [0, 0.05) is 13.1 Å². The maximum atomic E-state index is 12.2. The van der Waals surface area contributed by atoms with Crippen LogP contribution in [0.5, 0.6) is 0 Å². The molecule has 1 heterocycles. The van der Waals surface area contributed by atoms with Crippen molar-refractivity contribution in [1.29, 1.82) is 0 Å². The van der Waals surface area contributed by atoms with Crippen LogP contribution in [0.4, 0.5) is 13.2 Å². The molecule has 0 aliphatic heterocycles. The van der Waals surface area contributed by atoms with Gasteiger partial charge < -0.3 is 10.2 Å². The number of nitrogens with two attached hydrogens (primary N) is 1. The van der Waals surface area contributed by atoms with Crippen LogP contribution in [-0.2, 0) is 7.05 Å². The number of halogens is 3. The van der Waals surface area contributed by atoms with Gasteiger partial charge in [0.15, 0.2) is 5.58 Å². The van der Waals surface area contributed by atoms with Gasteiger partial charge in [-0.15, -0.1) is 0 Å². The quantitative estimate of drug-likeness (QED) is 0.899. The Labute approximate surface area is 99.8 Å². The first-order chi connectivity index (χ1) is 8.28. The fraction of sp³-hybridized carbons (Fsp3) is 0.364. The fourth-order valence-electron chi connectivity index (χ4n) is 1.75. The summed E-state index contributed by atoms with van der Waals surface area (Å²) in [5.74, 6) is -0.563. The van der Waals surface area contributed by atoms with Crippen LogP contribution in [0.2, 0.25) is 0 Å². The first-order valence-electron chi connectivity index (χ1n) is 5.20. The summed E-state index contributed by atoms with van der Waals surface area (Å²) >= 11 is 0. The predicted molar refractivity (Wildman–Crippen MR) is 59.1 cm³/mol. The molecule has 0 aliphatic carbocycles. The molecule has 1 aromatic heterocycles. The zero-order chi connectivity index (χ0) is 13.5. The second kappa shape index (κ2) is 4.16. The number of benzene rings is 1. The van der Waals surface area contributed by atoms with E-state index in [9.17, 15) is 18.0 Å². The summed E-state index contributed by atoms with van der Waals surface area (Å²) in [7, 11) is 1.52. The van der Waals surface area contributed by atoms with E-state index in [4.69, 9.17) is 10.2 Å². The summed E-state index contributed by atoms with van der Waals surface area (Å²) < 4.78 is 42.8. The smallest absolute Gasteiger partial charge is 0.408 e. The van der Waals surface area contributed by atoms with E-state index in [0.29, 0.717) is 5.52 Å². The molecule has 7 heteroatoms. The average Bonchev–Trinajstić information content (AvgIpc) is 2.52. The maximum Gasteiger partial charge on any atom is 0.419 e. The lowest BCUT2D eigenvalue weighted by Crippen LogP contribution is -2.20. The lowest BCUT2D eigenvalue weighted by Gasteiger charge is -2.14. The summed E-state index contributed by atoms with van der Waals surface area (Å²) in [5.41, 5.74) is 6.51. The highest BCUT2D eigenvalue weighted by Crippen LogP contribution is 2.29. The third kappa shape index (κ3) is 2.40. The van der Waals surface area contributed by atoms with Gasteiger partial charge in [0.2, 0.25) is 0 Å². The molecule has 2 aromatic rings. The largest absolute Gasteiger partial charge is 0.419 e. The van der Waals surface area contributed by atoms with Crippen molar-refractivity contribution in [1.82, 2.24) is 4.57 Å². The molecule has 2 N–H and O–H groups in total. The molecular weight excluding hydrogens is 249 g/mol. The lowest BCUT2D eigenvalue weighted by atomic mass is 10.0. The van der Waals surface area contributed by atoms with Gasteiger partial charge in [0.25, 0.3) is 0 Å². The van der Waals surface area contributed by atoms with E-state index in [1.165, 1.54) is 29.8 Å². The molecule has 1 atom stereocenters. The molecule has 0 radical (unpaired) electrons. The van der Waals surface area contributed by atoms with Crippen LogP contribution in [-0.4, -0.2) is 10.7 Å². The fourth-order valence-corrected chi connectivity index (χ4v) is 1.75. The van der Waals surface area contributed by atoms with Crippen molar-refractivity contribution in [2.75, 3.05) is 0 Å². The van der Waals surface area contributed by atoms with E-state index < -0.39 is 24.4 Å². The second-order valence-electron chi connectivity index (χ2n) is 4.08. The molecule has 1 aromatic carbocycles. The van der Waals surface area contributed by atoms with E-state index in [2.05, 4.69) is 0 Å². The number of nitrogens with zero attached hydrogens (tertiary/aromatic N) is 1. The number of fused-ring (bicyclic) bond motifs is 1. The number of aromatic nitrogens is 1. The van der Waals surface area contributed by atoms with E-state index >= 15 is 0 Å². The van der Waals surface area contributed by atoms with E-state index in [0.717, 1.165) is 0 Å². The molecule has 0 aliphatic rings. The van der Waals surface area contributed by atoms with Gasteiger partial charge in [-0.05, 0) is 17.7 Å². The molecule has 0 fully saturated rings. The summed E-state index contributed by atoms with van der Waals surface area (Å²) in [5, 5.41) is 0. The molecule has 1 unspecified atom stereocenters. The molecule has 0 spiro atoms. The topological polar surface area (TPSA) is 61.2 Å². The minimum atomic E-state index is -4.33. The minimum absolute atomic E-state index is 0.234. The van der Waals surface area contributed by atoms with Crippen LogP contribution in [0.1, 0.15) is 18.0 Å². The highest BCUT2D eigenvalue weighted by atomic mass is 19.4. The highest BCUT2D eigenvalue weighted by molar-refractivity contribution is 5.73. The predicted octanol–water partition coefficient (Wildman–Crippen LogP) is 2.08. The Morgan fingerprint density at radius 1 is 1.44 bits per heavy atom. The van der Waals surface area contributed by atoms with E-state index in [1.54, 1.807) is 0 Å². The van der Waals surface area contributed by atoms with E-state index in [1.807, 2.05) is 0 Å². The van der Waals surface area contributed by atoms with Crippen molar-refractivity contribution in [2.45, 2.75) is 18.6 Å². The van der Waals surface area contributed by atoms with Crippen LogP contribution in [0.15, 0.2) is 27.4 Å². The standard InChI is InChI=1S/C11H11F3N2O2/c1-16-8-3-2-6(4-9(8)18-10(16)17)7(15)5-11(12,13)14/h2-4,7H,5,15H2,1H3. The number of oxazole rings is 1. The Kier molecular flexibility index (Phi) is 2.94. The number of aryl methyl sites for hydroxylation is 1. The zero-order valence-corrected chi connectivity index (χ0v) is 9.49. The third-order valence-electron chi connectivity index (χ3n) is 2.70. The lowest BCUT2D eigenvalue weighted by molar-refractivity contribution is -0.138. The Balaban J connectivity index is 2.38. The van der Waals surface area contributed by atoms with Crippen LogP contribution in [0.3, 0.4) is 0 Å². The zero-order valence-electron chi connectivity index (χ0n) is 9.49. The summed E-state index contributed by atoms with van der Waals surface area (Å²) in [6.07, 6.45) is -5.44. The van der Waals surface area contributed by atoms with Crippen LogP contribution in [0, 0.1) is 0 Å². The Morgan fingerprint density at radius 2 is 2.11 bits per heavy atom. The number of hydrogen-bond acceptors (Lipinski definition) is 3. The van der Waals surface area contributed by atoms with Gasteiger partial charge in [0.05, 0.1) is 11.9 Å². The first-order valence-corrected chi connectivity index (χ1v) is 5.20. The van der Waals surface area contributed by atoms with Crippen molar-refractivity contribution in [3.8, 4) is 0 Å². The van der Waals surface area contributed by atoms with Crippen LogP contribution < -0.4 is 11.5 Å². The molecule has 2 rings (SSSR count). The van der Waals surface area contributed by atoms with Crippen molar-refractivity contribution in [3.63, 3.8) is 0 Å². The summed E-state index contributed by atoms with van der Waals surface area (Å²) in [4.78, 5) is 11.2. The van der Waals surface area contributed by atoms with Crippen molar-refractivity contribution in [2.24, 2.45) is 12.8 Å². The Bertz CT molecular complexity index is 627. The Morgan fingerprint density at radius 3 is 2.72 bits per heavy atom. The SMILES string of the molecule is Cn1c(=O)oc2cc(C(N)CC(F)(F)F)ccc21. The number of rotatable bonds is 2. The monoisotopic (exact) mass is 260 g/mol. The minimum Gasteiger partial charge on any atom is -0.408 e. The normalized spacial score (nSPS) is 14.1. The Hall–Kier alpha value is -1.76. The van der Waals surface area contributed by atoms with Gasteiger partial charge >= 0.3 is 11.9 Å². The third-order valence-corrected chi connectivity index (χ3v) is 2.70. The average molecular weight is 260 g/mol. The maximum absolute atomic E-state index is 12.2. The molecule has 0 bridgehead atoms. The molecule has 98 valence electrons. The number of alkyl halides is 3. The molecule has 18 heavy (non-hydrogen) atoms. The number of hydrogen-bond donors (Lipinski definition) is 1. The van der Waals surface area contributed by atoms with Gasteiger partial charge in [0.1, 0.15) is 0 Å². The van der Waals surface area contributed by atoms with Gasteiger partial charge in [-0.2, -0.15) is 13.2 Å². The van der Waals surface area contributed by atoms with Crippen LogP contribution in [0.25, 0.3) is 11.1 Å². The second-order valence-corrected chi connectivity index (χ2v) is 4.08. The first kappa shape index (κ1) is 12.7. The molecular formula is C11H11F3N2O2. The van der Waals surface area contributed by atoms with E-state index in [-0.39, 0.29) is 11.1 Å². The van der Waals surface area contributed by atoms with Gasteiger partial charge in [-0.25, -0.2) is 4.79 Å². The molecule has 0 saturated heterocycles. The van der Waals surface area contributed by atoms with Gasteiger partial charge in [-0.1, -0.05) is 6.07 Å². The molecule has 0 saturated carbocycles. The summed E-state index contributed by atoms with van der Waals surface area (Å²) in [6, 6.07) is 3.19. The van der Waals surface area contributed by atoms with Crippen LogP contribution >= 0.6 is 0 Å². The van der Waals surface area contributed by atoms with Crippen molar-refractivity contribution >= 4 is 11.1 Å². The highest BCUT2D eigenvalue weighted by Gasteiger charge is 2.31. The molecule has 0 amide bonds.